The summed E-state index contributed by atoms with van der Waals surface area (Å²) in [5, 5.41) is 0.672. The molecule has 6 heteroatoms. The van der Waals surface area contributed by atoms with Gasteiger partial charge < -0.3 is 19.1 Å². The van der Waals surface area contributed by atoms with E-state index in [-0.39, 0.29) is 17.9 Å². The first-order valence-electron chi connectivity index (χ1n) is 9.80. The molecule has 1 amide bonds. The Kier molecular flexibility index (Phi) is 4.55. The number of hydrogen-bond donors (Lipinski definition) is 0. The van der Waals surface area contributed by atoms with E-state index in [4.69, 9.17) is 25.8 Å². The Morgan fingerprint density at radius 1 is 1.00 bits per heavy atom. The lowest BCUT2D eigenvalue weighted by Gasteiger charge is -2.32. The molecule has 1 fully saturated rings. The monoisotopic (exact) mass is 399 g/mol. The summed E-state index contributed by atoms with van der Waals surface area (Å²) in [6.07, 6.45) is 2.63. The zero-order chi connectivity index (χ0) is 19.1. The van der Waals surface area contributed by atoms with Crippen LogP contribution < -0.4 is 14.2 Å². The second-order valence-electron chi connectivity index (χ2n) is 7.56. The van der Waals surface area contributed by atoms with Gasteiger partial charge in [-0.15, -0.1) is 0 Å². The van der Waals surface area contributed by atoms with Crippen molar-refractivity contribution in [3.63, 3.8) is 0 Å². The minimum atomic E-state index is -0.177. The van der Waals surface area contributed by atoms with Crippen molar-refractivity contribution in [3.05, 3.63) is 52.5 Å². The maximum atomic E-state index is 13.3. The summed E-state index contributed by atoms with van der Waals surface area (Å²) >= 11 is 6.12. The van der Waals surface area contributed by atoms with Gasteiger partial charge in [-0.25, -0.2) is 0 Å². The number of carbonyl (C=O) groups excluding carboxylic acids is 1. The summed E-state index contributed by atoms with van der Waals surface area (Å²) in [5.74, 6) is 2.36. The predicted octanol–water partition coefficient (Wildman–Crippen LogP) is 4.03. The third-order valence-corrected chi connectivity index (χ3v) is 6.00. The number of ether oxygens (including phenoxy) is 3. The van der Waals surface area contributed by atoms with Gasteiger partial charge >= 0.3 is 0 Å². The van der Waals surface area contributed by atoms with Crippen LogP contribution in [0.4, 0.5) is 0 Å². The quantitative estimate of drug-likeness (QED) is 0.765. The van der Waals surface area contributed by atoms with Gasteiger partial charge in [0.1, 0.15) is 25.6 Å². The zero-order valence-electron chi connectivity index (χ0n) is 15.5. The van der Waals surface area contributed by atoms with Gasteiger partial charge in [-0.2, -0.15) is 0 Å². The van der Waals surface area contributed by atoms with Gasteiger partial charge in [0, 0.05) is 11.6 Å². The van der Waals surface area contributed by atoms with Crippen molar-refractivity contribution in [1.29, 1.82) is 0 Å². The SMILES string of the molecule is O=C([C@H]1COc2ccc(Cl)cc2C1)N1CCC[C@H]1c1ccc2c(c1)OCCO2. The van der Waals surface area contributed by atoms with Crippen molar-refractivity contribution in [2.24, 2.45) is 5.92 Å². The fraction of sp³-hybridized carbons (Fsp3) is 0.409. The molecule has 3 heterocycles. The molecule has 0 saturated carbocycles. The molecule has 0 unspecified atom stereocenters. The number of likely N-dealkylation sites (tertiary alicyclic amines) is 1. The van der Waals surface area contributed by atoms with Crippen molar-refractivity contribution in [3.8, 4) is 17.2 Å². The van der Waals surface area contributed by atoms with Gasteiger partial charge in [-0.1, -0.05) is 17.7 Å². The molecular weight excluding hydrogens is 378 g/mol. The van der Waals surface area contributed by atoms with Gasteiger partial charge in [0.25, 0.3) is 0 Å². The smallest absolute Gasteiger partial charge is 0.229 e. The first-order valence-corrected chi connectivity index (χ1v) is 10.2. The van der Waals surface area contributed by atoms with Crippen LogP contribution in [-0.2, 0) is 11.2 Å². The molecule has 146 valence electrons. The molecule has 5 nitrogen and oxygen atoms in total. The Hall–Kier alpha value is -2.40. The van der Waals surface area contributed by atoms with Crippen LogP contribution in [0.1, 0.15) is 30.0 Å². The van der Waals surface area contributed by atoms with Crippen molar-refractivity contribution in [2.45, 2.75) is 25.3 Å². The Morgan fingerprint density at radius 2 is 1.82 bits per heavy atom. The van der Waals surface area contributed by atoms with Crippen molar-refractivity contribution >= 4 is 17.5 Å². The maximum absolute atomic E-state index is 13.3. The van der Waals surface area contributed by atoms with Crippen LogP contribution in [0.2, 0.25) is 5.02 Å². The highest BCUT2D eigenvalue weighted by atomic mass is 35.5. The minimum absolute atomic E-state index is 0.0732. The molecule has 0 aliphatic carbocycles. The number of halogens is 1. The second kappa shape index (κ2) is 7.21. The van der Waals surface area contributed by atoms with E-state index < -0.39 is 0 Å². The van der Waals surface area contributed by atoms with E-state index in [1.165, 1.54) is 0 Å². The van der Waals surface area contributed by atoms with E-state index in [1.54, 1.807) is 0 Å². The van der Waals surface area contributed by atoms with Crippen LogP contribution in [0, 0.1) is 5.92 Å². The lowest BCUT2D eigenvalue weighted by molar-refractivity contribution is -0.137. The highest BCUT2D eigenvalue weighted by molar-refractivity contribution is 6.30. The molecule has 2 aromatic rings. The highest BCUT2D eigenvalue weighted by Gasteiger charge is 2.36. The first-order chi connectivity index (χ1) is 13.7. The summed E-state index contributed by atoms with van der Waals surface area (Å²) in [6, 6.07) is 11.7. The van der Waals surface area contributed by atoms with Gasteiger partial charge in [-0.05, 0) is 60.7 Å². The summed E-state index contributed by atoms with van der Waals surface area (Å²) in [7, 11) is 0. The van der Waals surface area contributed by atoms with Gasteiger partial charge in [0.2, 0.25) is 5.91 Å². The lowest BCUT2D eigenvalue weighted by atomic mass is 9.94. The van der Waals surface area contributed by atoms with Gasteiger partial charge in [0.15, 0.2) is 11.5 Å². The van der Waals surface area contributed by atoms with E-state index in [0.717, 1.165) is 47.8 Å². The van der Waals surface area contributed by atoms with Gasteiger partial charge in [0.05, 0.1) is 12.0 Å². The fourth-order valence-electron chi connectivity index (χ4n) is 4.40. The molecule has 3 aliphatic rings. The maximum Gasteiger partial charge on any atom is 0.229 e. The lowest BCUT2D eigenvalue weighted by Crippen LogP contribution is -2.40. The predicted molar refractivity (Wildman–Crippen MR) is 105 cm³/mol. The van der Waals surface area contributed by atoms with Crippen molar-refractivity contribution in [2.75, 3.05) is 26.4 Å². The topological polar surface area (TPSA) is 48.0 Å². The molecule has 0 spiro atoms. The molecular formula is C22H22ClNO4. The van der Waals surface area contributed by atoms with E-state index in [1.807, 2.05) is 35.2 Å². The fourth-order valence-corrected chi connectivity index (χ4v) is 4.60. The average Bonchev–Trinajstić information content (AvgIpc) is 3.22. The highest BCUT2D eigenvalue weighted by Crippen LogP contribution is 2.39. The van der Waals surface area contributed by atoms with Crippen LogP contribution in [-0.4, -0.2) is 37.2 Å². The van der Waals surface area contributed by atoms with Crippen molar-refractivity contribution in [1.82, 2.24) is 4.90 Å². The second-order valence-corrected chi connectivity index (χ2v) is 7.99. The Bertz CT molecular complexity index is 915. The number of fused-ring (bicyclic) bond motifs is 2. The van der Waals surface area contributed by atoms with E-state index in [9.17, 15) is 4.79 Å². The summed E-state index contributed by atoms with van der Waals surface area (Å²) in [5.41, 5.74) is 2.11. The molecule has 1 saturated heterocycles. The molecule has 28 heavy (non-hydrogen) atoms. The third-order valence-electron chi connectivity index (χ3n) is 5.76. The molecule has 5 rings (SSSR count). The summed E-state index contributed by atoms with van der Waals surface area (Å²) in [6.45, 7) is 2.33. The normalized spacial score (nSPS) is 23.1. The molecule has 0 bridgehead atoms. The molecule has 0 aromatic heterocycles. The molecule has 2 aromatic carbocycles. The van der Waals surface area contributed by atoms with Crippen LogP contribution in [0.25, 0.3) is 0 Å². The van der Waals surface area contributed by atoms with Crippen LogP contribution >= 0.6 is 11.6 Å². The Morgan fingerprint density at radius 3 is 2.71 bits per heavy atom. The summed E-state index contributed by atoms with van der Waals surface area (Å²) in [4.78, 5) is 15.3. The Balaban J connectivity index is 1.36. The standard InChI is InChI=1S/C22H22ClNO4/c23-17-4-6-19-15(11-17)10-16(13-28-19)22(25)24-7-1-2-18(24)14-3-5-20-21(12-14)27-9-8-26-20/h3-6,11-12,16,18H,1-2,7-10,13H2/t16-,18+/m1/s1. The number of benzene rings is 2. The van der Waals surface area contributed by atoms with E-state index in [2.05, 4.69) is 6.07 Å². The number of hydrogen-bond acceptors (Lipinski definition) is 4. The third kappa shape index (κ3) is 3.18. The van der Waals surface area contributed by atoms with E-state index in [0.29, 0.717) is 31.3 Å². The molecule has 0 N–H and O–H groups in total. The van der Waals surface area contributed by atoms with Gasteiger partial charge in [-0.3, -0.25) is 4.79 Å². The largest absolute Gasteiger partial charge is 0.492 e. The summed E-state index contributed by atoms with van der Waals surface area (Å²) < 4.78 is 17.2. The first kappa shape index (κ1) is 17.7. The molecule has 2 atom stereocenters. The number of nitrogens with zero attached hydrogens (tertiary/aromatic N) is 1. The Labute approximate surface area is 169 Å². The molecule has 0 radical (unpaired) electrons. The number of amides is 1. The van der Waals surface area contributed by atoms with Crippen LogP contribution in [0.5, 0.6) is 17.2 Å². The number of carbonyl (C=O) groups is 1. The van der Waals surface area contributed by atoms with Crippen LogP contribution in [0.3, 0.4) is 0 Å². The molecule has 3 aliphatic heterocycles. The van der Waals surface area contributed by atoms with E-state index >= 15 is 0 Å². The van der Waals surface area contributed by atoms with Crippen molar-refractivity contribution < 1.29 is 19.0 Å². The number of rotatable bonds is 2. The van der Waals surface area contributed by atoms with Crippen LogP contribution in [0.15, 0.2) is 36.4 Å². The average molecular weight is 400 g/mol. The zero-order valence-corrected chi connectivity index (χ0v) is 16.3. The minimum Gasteiger partial charge on any atom is -0.492 e.